The second-order valence-electron chi connectivity index (χ2n) is 5.08. The van der Waals surface area contributed by atoms with Gasteiger partial charge in [-0.25, -0.2) is 0 Å². The molecule has 5 nitrogen and oxygen atoms in total. The van der Waals surface area contributed by atoms with Crippen molar-refractivity contribution in [3.05, 3.63) is 5.56 Å². The lowest BCUT2D eigenvalue weighted by Gasteiger charge is -2.14. The van der Waals surface area contributed by atoms with Gasteiger partial charge < -0.3 is 16.4 Å². The van der Waals surface area contributed by atoms with Gasteiger partial charge in [-0.05, 0) is 30.3 Å². The summed E-state index contributed by atoms with van der Waals surface area (Å²) in [4.78, 5) is 12.1. The van der Waals surface area contributed by atoms with Gasteiger partial charge in [0.2, 0.25) is 0 Å². The van der Waals surface area contributed by atoms with Crippen molar-refractivity contribution in [2.24, 2.45) is 5.92 Å². The van der Waals surface area contributed by atoms with Crippen LogP contribution in [0.1, 0.15) is 49.9 Å². The molecular weight excluding hydrogens is 260 g/mol. The van der Waals surface area contributed by atoms with Gasteiger partial charge in [-0.15, -0.1) is 0 Å². The summed E-state index contributed by atoms with van der Waals surface area (Å²) in [5, 5.41) is 7.08. The van der Waals surface area contributed by atoms with Crippen LogP contribution in [0.5, 0.6) is 0 Å². The molecule has 1 aliphatic carbocycles. The van der Waals surface area contributed by atoms with Crippen LogP contribution < -0.4 is 16.4 Å². The lowest BCUT2D eigenvalue weighted by atomic mass is 10.0. The molecule has 4 N–H and O–H groups in total. The molecule has 0 aliphatic heterocycles. The Morgan fingerprint density at radius 1 is 1.47 bits per heavy atom. The number of nitrogens with one attached hydrogen (secondary N) is 2. The Bertz CT molecular complexity index is 438. The molecule has 0 saturated heterocycles. The highest BCUT2D eigenvalue weighted by molar-refractivity contribution is 7.11. The Hall–Kier alpha value is -1.30. The molecule has 1 aliphatic rings. The maximum atomic E-state index is 12.1. The van der Waals surface area contributed by atoms with Crippen LogP contribution in [0.3, 0.4) is 0 Å². The molecular formula is C13H22N4OS. The highest BCUT2D eigenvalue weighted by atomic mass is 32.1. The van der Waals surface area contributed by atoms with E-state index in [0.29, 0.717) is 23.3 Å². The predicted molar refractivity (Wildman–Crippen MR) is 79.6 cm³/mol. The van der Waals surface area contributed by atoms with E-state index < -0.39 is 0 Å². The van der Waals surface area contributed by atoms with Crippen LogP contribution in [0.2, 0.25) is 0 Å². The first-order valence-electron chi connectivity index (χ1n) is 6.95. The average Bonchev–Trinajstić information content (AvgIpc) is 3.13. The molecule has 1 aromatic rings. The van der Waals surface area contributed by atoms with Crippen molar-refractivity contribution in [1.82, 2.24) is 9.69 Å². The molecule has 1 saturated carbocycles. The highest BCUT2D eigenvalue weighted by Gasteiger charge is 2.27. The number of carbonyl (C=O) groups is 1. The Balaban J connectivity index is 2.01. The first-order chi connectivity index (χ1) is 9.15. The molecule has 0 atom stereocenters. The van der Waals surface area contributed by atoms with E-state index in [4.69, 9.17) is 5.73 Å². The fraction of sp³-hybridized carbons (Fsp3) is 0.692. The van der Waals surface area contributed by atoms with Crippen molar-refractivity contribution in [3.8, 4) is 0 Å². The molecule has 1 aromatic heterocycles. The molecule has 0 unspecified atom stereocenters. The maximum Gasteiger partial charge on any atom is 0.258 e. The van der Waals surface area contributed by atoms with E-state index in [-0.39, 0.29) is 5.91 Å². The van der Waals surface area contributed by atoms with Gasteiger partial charge in [0.15, 0.2) is 5.82 Å². The standard InChI is InChI=1S/C13H22N4OS/c1-3-8(4-2)7-15-13-10(11(14)17-19-13)12(18)16-9-5-6-9/h8-9,15H,3-7H2,1-2H3,(H2,14,17)(H,16,18). The smallest absolute Gasteiger partial charge is 0.258 e. The summed E-state index contributed by atoms with van der Waals surface area (Å²) < 4.78 is 4.09. The molecule has 0 aromatic carbocycles. The van der Waals surface area contributed by atoms with Gasteiger partial charge in [0, 0.05) is 12.6 Å². The van der Waals surface area contributed by atoms with Crippen LogP contribution in [0.4, 0.5) is 10.8 Å². The Morgan fingerprint density at radius 2 is 2.16 bits per heavy atom. The van der Waals surface area contributed by atoms with E-state index in [1.54, 1.807) is 0 Å². The molecule has 0 spiro atoms. The summed E-state index contributed by atoms with van der Waals surface area (Å²) in [6.45, 7) is 5.22. The van der Waals surface area contributed by atoms with Crippen molar-refractivity contribution in [2.75, 3.05) is 17.6 Å². The SMILES string of the molecule is CCC(CC)CNc1snc(N)c1C(=O)NC1CC1. The first-order valence-corrected chi connectivity index (χ1v) is 7.72. The van der Waals surface area contributed by atoms with Crippen molar-refractivity contribution in [2.45, 2.75) is 45.6 Å². The minimum Gasteiger partial charge on any atom is -0.382 e. The molecule has 1 heterocycles. The number of anilines is 2. The average molecular weight is 282 g/mol. The van der Waals surface area contributed by atoms with E-state index >= 15 is 0 Å². The monoisotopic (exact) mass is 282 g/mol. The second kappa shape index (κ2) is 6.23. The molecule has 1 amide bonds. The number of nitrogens with zero attached hydrogens (tertiary/aromatic N) is 1. The summed E-state index contributed by atoms with van der Waals surface area (Å²) in [6, 6.07) is 0.332. The second-order valence-corrected chi connectivity index (χ2v) is 5.86. The Labute approximate surface area is 118 Å². The number of amides is 1. The largest absolute Gasteiger partial charge is 0.382 e. The fourth-order valence-electron chi connectivity index (χ4n) is 1.94. The van der Waals surface area contributed by atoms with Crippen molar-refractivity contribution in [3.63, 3.8) is 0 Å². The zero-order chi connectivity index (χ0) is 13.8. The van der Waals surface area contributed by atoms with E-state index in [1.807, 2.05) is 0 Å². The topological polar surface area (TPSA) is 80.0 Å². The van der Waals surface area contributed by atoms with Crippen LogP contribution >= 0.6 is 11.5 Å². The molecule has 19 heavy (non-hydrogen) atoms. The third-order valence-corrected chi connectivity index (χ3v) is 4.38. The van der Waals surface area contributed by atoms with Crippen LogP contribution in [0, 0.1) is 5.92 Å². The summed E-state index contributed by atoms with van der Waals surface area (Å²) >= 11 is 1.27. The number of aromatic nitrogens is 1. The first kappa shape index (κ1) is 14.1. The van der Waals surface area contributed by atoms with Gasteiger partial charge in [0.1, 0.15) is 10.6 Å². The summed E-state index contributed by atoms with van der Waals surface area (Å²) in [6.07, 6.45) is 4.39. The molecule has 1 fully saturated rings. The lowest BCUT2D eigenvalue weighted by molar-refractivity contribution is 0.0953. The van der Waals surface area contributed by atoms with Crippen molar-refractivity contribution >= 4 is 28.3 Å². The number of hydrogen-bond acceptors (Lipinski definition) is 5. The maximum absolute atomic E-state index is 12.1. The normalized spacial score (nSPS) is 14.7. The minimum absolute atomic E-state index is 0.0965. The lowest BCUT2D eigenvalue weighted by Crippen LogP contribution is -2.27. The number of nitrogen functional groups attached to an aromatic ring is 1. The number of carbonyl (C=O) groups excluding carboxylic acids is 1. The summed E-state index contributed by atoms with van der Waals surface area (Å²) in [7, 11) is 0. The fourth-order valence-corrected chi connectivity index (χ4v) is 2.66. The van der Waals surface area contributed by atoms with Gasteiger partial charge in [-0.2, -0.15) is 4.37 Å². The van der Waals surface area contributed by atoms with Gasteiger partial charge in [-0.3, -0.25) is 4.79 Å². The Kier molecular flexibility index (Phi) is 4.63. The zero-order valence-corrected chi connectivity index (χ0v) is 12.3. The van der Waals surface area contributed by atoms with Crippen LogP contribution in [-0.4, -0.2) is 22.9 Å². The predicted octanol–water partition coefficient (Wildman–Crippen LogP) is 2.47. The van der Waals surface area contributed by atoms with Crippen LogP contribution in [0.15, 0.2) is 0 Å². The third kappa shape index (κ3) is 3.59. The van der Waals surface area contributed by atoms with Gasteiger partial charge in [0.05, 0.1) is 0 Å². The van der Waals surface area contributed by atoms with E-state index in [1.165, 1.54) is 11.5 Å². The number of hydrogen-bond donors (Lipinski definition) is 3. The highest BCUT2D eigenvalue weighted by Crippen LogP contribution is 2.28. The summed E-state index contributed by atoms with van der Waals surface area (Å²) in [5.41, 5.74) is 6.32. The number of rotatable bonds is 7. The molecule has 0 radical (unpaired) electrons. The summed E-state index contributed by atoms with van der Waals surface area (Å²) in [5.74, 6) is 0.846. The Morgan fingerprint density at radius 3 is 2.74 bits per heavy atom. The van der Waals surface area contributed by atoms with Gasteiger partial charge in [-0.1, -0.05) is 26.7 Å². The van der Waals surface area contributed by atoms with Gasteiger partial charge >= 0.3 is 0 Å². The van der Waals surface area contributed by atoms with E-state index in [0.717, 1.165) is 37.2 Å². The third-order valence-electron chi connectivity index (χ3n) is 3.56. The minimum atomic E-state index is -0.0965. The zero-order valence-electron chi connectivity index (χ0n) is 11.5. The molecule has 2 rings (SSSR count). The molecule has 6 heteroatoms. The molecule has 106 valence electrons. The molecule has 0 bridgehead atoms. The van der Waals surface area contributed by atoms with Gasteiger partial charge in [0.25, 0.3) is 5.91 Å². The number of nitrogens with two attached hydrogens (primary N) is 1. The van der Waals surface area contributed by atoms with Crippen LogP contribution in [-0.2, 0) is 0 Å². The van der Waals surface area contributed by atoms with E-state index in [2.05, 4.69) is 28.9 Å². The van der Waals surface area contributed by atoms with Crippen molar-refractivity contribution in [1.29, 1.82) is 0 Å². The van der Waals surface area contributed by atoms with E-state index in [9.17, 15) is 4.79 Å². The van der Waals surface area contributed by atoms with Crippen LogP contribution in [0.25, 0.3) is 0 Å². The quantitative estimate of drug-likeness (QED) is 0.717. The van der Waals surface area contributed by atoms with Crippen molar-refractivity contribution < 1.29 is 4.79 Å².